The molecule has 0 saturated carbocycles. The minimum absolute atomic E-state index is 0.0107. The first-order valence-corrected chi connectivity index (χ1v) is 5.63. The van der Waals surface area contributed by atoms with Crippen LogP contribution in [0, 0.1) is 5.92 Å². The Hall–Kier alpha value is -0.770. The molecule has 1 rings (SSSR count). The molecule has 88 valence electrons. The normalized spacial score (nSPS) is 20.3. The molecule has 1 fully saturated rings. The van der Waals surface area contributed by atoms with Crippen molar-refractivity contribution >= 4 is 5.96 Å². The first-order chi connectivity index (χ1) is 6.97. The van der Waals surface area contributed by atoms with Crippen LogP contribution in [0.4, 0.5) is 0 Å². The van der Waals surface area contributed by atoms with E-state index in [1.54, 1.807) is 0 Å². The summed E-state index contributed by atoms with van der Waals surface area (Å²) in [6.07, 6.45) is 2.21. The lowest BCUT2D eigenvalue weighted by Gasteiger charge is -2.23. The molecule has 3 N–H and O–H groups in total. The Morgan fingerprint density at radius 3 is 2.53 bits per heavy atom. The Labute approximate surface area is 92.3 Å². The molecule has 0 atom stereocenters. The number of guanidine groups is 1. The predicted molar refractivity (Wildman–Crippen MR) is 62.9 cm³/mol. The lowest BCUT2D eigenvalue weighted by atomic mass is 10.0. The van der Waals surface area contributed by atoms with Gasteiger partial charge in [-0.2, -0.15) is 0 Å². The molecule has 0 aromatic rings. The third-order valence-corrected chi connectivity index (χ3v) is 2.36. The van der Waals surface area contributed by atoms with Gasteiger partial charge in [-0.25, -0.2) is 0 Å². The van der Waals surface area contributed by atoms with E-state index >= 15 is 0 Å². The summed E-state index contributed by atoms with van der Waals surface area (Å²) in [4.78, 5) is 4.36. The van der Waals surface area contributed by atoms with Crippen LogP contribution in [0.2, 0.25) is 0 Å². The average molecular weight is 213 g/mol. The van der Waals surface area contributed by atoms with Crippen molar-refractivity contribution in [3.63, 3.8) is 0 Å². The van der Waals surface area contributed by atoms with E-state index in [0.717, 1.165) is 32.6 Å². The van der Waals surface area contributed by atoms with Gasteiger partial charge in [0.05, 0.1) is 0 Å². The van der Waals surface area contributed by atoms with Crippen LogP contribution in [-0.4, -0.2) is 31.3 Å². The number of nitrogens with zero attached hydrogens (tertiary/aromatic N) is 1. The molecule has 1 aliphatic heterocycles. The number of nitrogens with one attached hydrogen (secondary N) is 1. The van der Waals surface area contributed by atoms with Gasteiger partial charge in [0.15, 0.2) is 5.96 Å². The zero-order chi connectivity index (χ0) is 11.3. The van der Waals surface area contributed by atoms with E-state index in [4.69, 9.17) is 10.5 Å². The van der Waals surface area contributed by atoms with Gasteiger partial charge in [-0.05, 0) is 39.5 Å². The summed E-state index contributed by atoms with van der Waals surface area (Å²) in [6.45, 7) is 8.77. The maximum absolute atomic E-state index is 5.78. The molecule has 1 saturated heterocycles. The Balaban J connectivity index is 2.29. The van der Waals surface area contributed by atoms with Gasteiger partial charge in [0.25, 0.3) is 0 Å². The van der Waals surface area contributed by atoms with Crippen molar-refractivity contribution in [2.75, 3.05) is 19.8 Å². The number of ether oxygens (including phenoxy) is 1. The quantitative estimate of drug-likeness (QED) is 0.534. The largest absolute Gasteiger partial charge is 0.381 e. The van der Waals surface area contributed by atoms with Crippen molar-refractivity contribution in [2.24, 2.45) is 16.6 Å². The van der Waals surface area contributed by atoms with Gasteiger partial charge in [0, 0.05) is 25.3 Å². The van der Waals surface area contributed by atoms with Crippen LogP contribution >= 0.6 is 0 Å². The van der Waals surface area contributed by atoms with Crippen LogP contribution in [-0.2, 0) is 4.74 Å². The molecule has 0 aliphatic carbocycles. The predicted octanol–water partition coefficient (Wildman–Crippen LogP) is 1.12. The Morgan fingerprint density at radius 2 is 2.00 bits per heavy atom. The van der Waals surface area contributed by atoms with Crippen LogP contribution in [0.3, 0.4) is 0 Å². The molecular weight excluding hydrogens is 190 g/mol. The Bertz CT molecular complexity index is 214. The van der Waals surface area contributed by atoms with Crippen molar-refractivity contribution in [1.82, 2.24) is 5.32 Å². The van der Waals surface area contributed by atoms with Crippen molar-refractivity contribution in [3.05, 3.63) is 0 Å². The fraction of sp³-hybridized carbons (Fsp3) is 0.909. The minimum atomic E-state index is -0.0107. The van der Waals surface area contributed by atoms with E-state index in [0.29, 0.717) is 11.9 Å². The van der Waals surface area contributed by atoms with Gasteiger partial charge >= 0.3 is 0 Å². The summed E-state index contributed by atoms with van der Waals surface area (Å²) in [5, 5.41) is 3.16. The second kappa shape index (κ2) is 5.35. The standard InChI is InChI=1S/C11H23N3O/c1-11(2,3)14-10(12)13-8-9-4-6-15-7-5-9/h9H,4-8H2,1-3H3,(H3,12,13,14). The molecule has 0 spiro atoms. The number of hydrogen-bond donors (Lipinski definition) is 2. The Morgan fingerprint density at radius 1 is 1.40 bits per heavy atom. The number of rotatable bonds is 2. The summed E-state index contributed by atoms with van der Waals surface area (Å²) in [7, 11) is 0. The van der Waals surface area contributed by atoms with Crippen molar-refractivity contribution < 1.29 is 4.74 Å². The van der Waals surface area contributed by atoms with Crippen molar-refractivity contribution in [3.8, 4) is 0 Å². The summed E-state index contributed by atoms with van der Waals surface area (Å²) >= 11 is 0. The number of hydrogen-bond acceptors (Lipinski definition) is 2. The molecule has 1 aliphatic rings. The molecule has 0 aromatic heterocycles. The number of nitrogens with two attached hydrogens (primary N) is 1. The van der Waals surface area contributed by atoms with Crippen molar-refractivity contribution in [2.45, 2.75) is 39.2 Å². The van der Waals surface area contributed by atoms with Crippen LogP contribution in [0.5, 0.6) is 0 Å². The molecule has 1 heterocycles. The van der Waals surface area contributed by atoms with Crippen LogP contribution in [0.15, 0.2) is 4.99 Å². The SMILES string of the molecule is CC(C)(C)NC(N)=NCC1CCOCC1. The highest BCUT2D eigenvalue weighted by molar-refractivity contribution is 5.78. The molecule has 0 radical (unpaired) electrons. The monoisotopic (exact) mass is 213 g/mol. The fourth-order valence-corrected chi connectivity index (χ4v) is 1.58. The van der Waals surface area contributed by atoms with Crippen molar-refractivity contribution in [1.29, 1.82) is 0 Å². The van der Waals surface area contributed by atoms with E-state index in [2.05, 4.69) is 31.1 Å². The molecule has 4 heteroatoms. The van der Waals surface area contributed by atoms with Gasteiger partial charge in [0.1, 0.15) is 0 Å². The molecule has 0 unspecified atom stereocenters. The topological polar surface area (TPSA) is 59.6 Å². The van der Waals surface area contributed by atoms with E-state index in [1.165, 1.54) is 0 Å². The lowest BCUT2D eigenvalue weighted by molar-refractivity contribution is 0.0689. The first-order valence-electron chi connectivity index (χ1n) is 5.63. The van der Waals surface area contributed by atoms with Crippen LogP contribution in [0.25, 0.3) is 0 Å². The smallest absolute Gasteiger partial charge is 0.188 e. The van der Waals surface area contributed by atoms with E-state index in [1.807, 2.05) is 0 Å². The maximum atomic E-state index is 5.78. The van der Waals surface area contributed by atoms with Gasteiger partial charge in [-0.1, -0.05) is 0 Å². The molecule has 0 amide bonds. The highest BCUT2D eigenvalue weighted by atomic mass is 16.5. The van der Waals surface area contributed by atoms with E-state index in [9.17, 15) is 0 Å². The van der Waals surface area contributed by atoms with E-state index in [-0.39, 0.29) is 5.54 Å². The second-order valence-electron chi connectivity index (χ2n) is 5.16. The number of aliphatic imine (C=N–C) groups is 1. The van der Waals surface area contributed by atoms with Gasteiger partial charge < -0.3 is 15.8 Å². The maximum Gasteiger partial charge on any atom is 0.188 e. The van der Waals surface area contributed by atoms with Crippen LogP contribution in [0.1, 0.15) is 33.6 Å². The third kappa shape index (κ3) is 5.62. The van der Waals surface area contributed by atoms with Gasteiger partial charge in [-0.15, -0.1) is 0 Å². The van der Waals surface area contributed by atoms with E-state index < -0.39 is 0 Å². The fourth-order valence-electron chi connectivity index (χ4n) is 1.58. The minimum Gasteiger partial charge on any atom is -0.381 e. The van der Waals surface area contributed by atoms with Crippen LogP contribution < -0.4 is 11.1 Å². The first kappa shape index (κ1) is 12.3. The third-order valence-electron chi connectivity index (χ3n) is 2.36. The summed E-state index contributed by atoms with van der Waals surface area (Å²) in [6, 6.07) is 0. The highest BCUT2D eigenvalue weighted by Crippen LogP contribution is 2.14. The van der Waals surface area contributed by atoms with Gasteiger partial charge in [0.2, 0.25) is 0 Å². The summed E-state index contributed by atoms with van der Waals surface area (Å²) in [5.41, 5.74) is 5.77. The second-order valence-corrected chi connectivity index (χ2v) is 5.16. The summed E-state index contributed by atoms with van der Waals surface area (Å²) < 4.78 is 5.29. The molecular formula is C11H23N3O. The summed E-state index contributed by atoms with van der Waals surface area (Å²) in [5.74, 6) is 1.19. The zero-order valence-electron chi connectivity index (χ0n) is 10.0. The van der Waals surface area contributed by atoms with Gasteiger partial charge in [-0.3, -0.25) is 4.99 Å². The zero-order valence-corrected chi connectivity index (χ0v) is 10.0. The Kier molecular flexibility index (Phi) is 4.39. The molecule has 15 heavy (non-hydrogen) atoms. The molecule has 4 nitrogen and oxygen atoms in total. The molecule has 0 bridgehead atoms. The highest BCUT2D eigenvalue weighted by Gasteiger charge is 2.14. The average Bonchev–Trinajstić information content (AvgIpc) is 2.14. The molecule has 0 aromatic carbocycles. The lowest BCUT2D eigenvalue weighted by Crippen LogP contribution is -2.45.